The second-order valence-electron chi connectivity index (χ2n) is 10.5. The molecule has 2 aliphatic rings. The number of nitrogens with two attached hydrogens (primary N) is 1. The largest absolute Gasteiger partial charge is 0.482 e. The van der Waals surface area contributed by atoms with Gasteiger partial charge >= 0.3 is 6.09 Å². The van der Waals surface area contributed by atoms with E-state index in [-0.39, 0.29) is 17.6 Å². The van der Waals surface area contributed by atoms with Crippen molar-refractivity contribution in [1.29, 1.82) is 0 Å². The average Bonchev–Trinajstić information content (AvgIpc) is 3.52. The topological polar surface area (TPSA) is 108 Å². The van der Waals surface area contributed by atoms with Crippen molar-refractivity contribution in [2.24, 2.45) is 0 Å². The highest BCUT2D eigenvalue weighted by molar-refractivity contribution is 5.69. The molecule has 0 radical (unpaired) electrons. The molecule has 0 aliphatic carbocycles. The Bertz CT molecular complexity index is 1240. The number of amides is 1. The summed E-state index contributed by atoms with van der Waals surface area (Å²) in [6, 6.07) is 7.85. The van der Waals surface area contributed by atoms with E-state index in [0.29, 0.717) is 24.7 Å². The van der Waals surface area contributed by atoms with Crippen LogP contribution < -0.4 is 10.5 Å². The van der Waals surface area contributed by atoms with Crippen LogP contribution in [0.1, 0.15) is 57.9 Å². The minimum absolute atomic E-state index is 0.0986. The molecule has 9 heteroatoms. The number of hydrogen-bond donors (Lipinski definition) is 1. The third-order valence-corrected chi connectivity index (χ3v) is 6.79. The van der Waals surface area contributed by atoms with E-state index in [4.69, 9.17) is 20.3 Å². The Hall–Kier alpha value is -3.62. The van der Waals surface area contributed by atoms with Crippen molar-refractivity contribution < 1.29 is 14.3 Å². The Morgan fingerprint density at radius 1 is 1.17 bits per heavy atom. The molecular formula is C26H32N6O3. The fourth-order valence-electron chi connectivity index (χ4n) is 4.95. The number of ether oxygens (including phenoxy) is 2. The van der Waals surface area contributed by atoms with Crippen molar-refractivity contribution in [2.75, 3.05) is 18.8 Å². The SMILES string of the molecule is C[C@@H](Oc1cc(-c2cc3n(n2)CC[C@@]32CCN(C(=O)OC(C)(C)C)C2)cnc1N)c1ccncc1. The predicted octanol–water partition coefficient (Wildman–Crippen LogP) is 4.34. The van der Waals surface area contributed by atoms with Crippen molar-refractivity contribution in [3.63, 3.8) is 0 Å². The molecule has 35 heavy (non-hydrogen) atoms. The summed E-state index contributed by atoms with van der Waals surface area (Å²) in [7, 11) is 0. The zero-order valence-electron chi connectivity index (χ0n) is 20.7. The van der Waals surface area contributed by atoms with E-state index in [1.54, 1.807) is 18.6 Å². The number of nitrogens with zero attached hydrogens (tertiary/aromatic N) is 5. The van der Waals surface area contributed by atoms with Crippen LogP contribution in [0.4, 0.5) is 10.6 Å². The quantitative estimate of drug-likeness (QED) is 0.596. The van der Waals surface area contributed by atoms with Crippen molar-refractivity contribution in [1.82, 2.24) is 24.6 Å². The lowest BCUT2D eigenvalue weighted by molar-refractivity contribution is 0.0284. The maximum absolute atomic E-state index is 12.6. The molecule has 2 atom stereocenters. The zero-order valence-corrected chi connectivity index (χ0v) is 20.7. The van der Waals surface area contributed by atoms with Gasteiger partial charge in [-0.3, -0.25) is 9.67 Å². The third kappa shape index (κ3) is 4.54. The number of aromatic nitrogens is 4. The number of anilines is 1. The van der Waals surface area contributed by atoms with Gasteiger partial charge in [0.05, 0.1) is 5.69 Å². The van der Waals surface area contributed by atoms with Crippen LogP contribution >= 0.6 is 0 Å². The molecule has 1 spiro atoms. The number of pyridine rings is 2. The number of carbonyl (C=O) groups is 1. The smallest absolute Gasteiger partial charge is 0.410 e. The minimum atomic E-state index is -0.506. The standard InChI is InChI=1S/C26H32N6O3/c1-17(18-5-9-28-10-6-18)34-21-13-19(15-29-23(21)27)20-14-22-26(8-12-32(22)30-20)7-11-31(16-26)24(33)35-25(2,3)4/h5-6,9-10,13-15,17H,7-8,11-12,16H2,1-4H3,(H2,27,29)/t17-,26-/m1/s1. The van der Waals surface area contributed by atoms with E-state index >= 15 is 0 Å². The van der Waals surface area contributed by atoms with Gasteiger partial charge in [-0.1, -0.05) is 0 Å². The Balaban J connectivity index is 1.36. The minimum Gasteiger partial charge on any atom is -0.482 e. The molecule has 0 saturated carbocycles. The molecule has 2 N–H and O–H groups in total. The second kappa shape index (κ2) is 8.55. The van der Waals surface area contributed by atoms with Crippen LogP contribution in [0.25, 0.3) is 11.3 Å². The number of rotatable bonds is 4. The van der Waals surface area contributed by atoms with Gasteiger partial charge < -0.3 is 20.1 Å². The Labute approximate surface area is 205 Å². The summed E-state index contributed by atoms with van der Waals surface area (Å²) >= 11 is 0. The molecule has 0 unspecified atom stereocenters. The van der Waals surface area contributed by atoms with Crippen molar-refractivity contribution in [3.8, 4) is 17.0 Å². The lowest BCUT2D eigenvalue weighted by Crippen LogP contribution is -2.37. The molecule has 3 aromatic heterocycles. The van der Waals surface area contributed by atoms with Gasteiger partial charge in [0, 0.05) is 54.9 Å². The maximum atomic E-state index is 12.6. The fraction of sp³-hybridized carbons (Fsp3) is 0.462. The number of nitrogen functional groups attached to an aromatic ring is 1. The van der Waals surface area contributed by atoms with Crippen LogP contribution in [0.2, 0.25) is 0 Å². The number of fused-ring (bicyclic) bond motifs is 2. The van der Waals surface area contributed by atoms with Crippen LogP contribution in [0, 0.1) is 0 Å². The average molecular weight is 477 g/mol. The number of carbonyl (C=O) groups excluding carboxylic acids is 1. The second-order valence-corrected chi connectivity index (χ2v) is 10.5. The normalized spacial score (nSPS) is 20.2. The van der Waals surface area contributed by atoms with Crippen LogP contribution in [0.3, 0.4) is 0 Å². The highest BCUT2D eigenvalue weighted by Gasteiger charge is 2.47. The van der Waals surface area contributed by atoms with E-state index in [1.165, 1.54) is 0 Å². The lowest BCUT2D eigenvalue weighted by atomic mass is 9.82. The van der Waals surface area contributed by atoms with Gasteiger partial charge in [0.15, 0.2) is 11.6 Å². The lowest BCUT2D eigenvalue weighted by Gasteiger charge is -2.26. The van der Waals surface area contributed by atoms with Gasteiger partial charge in [0.1, 0.15) is 11.7 Å². The number of hydrogen-bond acceptors (Lipinski definition) is 7. The summed E-state index contributed by atoms with van der Waals surface area (Å²) in [5, 5.41) is 4.85. The molecular weight excluding hydrogens is 444 g/mol. The summed E-state index contributed by atoms with van der Waals surface area (Å²) < 4.78 is 13.8. The molecule has 0 bridgehead atoms. The van der Waals surface area contributed by atoms with Crippen LogP contribution in [0.5, 0.6) is 5.75 Å². The molecule has 1 fully saturated rings. The molecule has 1 amide bonds. The molecule has 2 aliphatic heterocycles. The van der Waals surface area contributed by atoms with Crippen LogP contribution in [0.15, 0.2) is 42.9 Å². The first-order valence-electron chi connectivity index (χ1n) is 12.0. The molecule has 5 heterocycles. The summed E-state index contributed by atoms with van der Waals surface area (Å²) in [6.07, 6.45) is 6.61. The molecule has 3 aromatic rings. The van der Waals surface area contributed by atoms with Gasteiger partial charge in [0.2, 0.25) is 0 Å². The first kappa shape index (κ1) is 23.1. The third-order valence-electron chi connectivity index (χ3n) is 6.79. The monoisotopic (exact) mass is 476 g/mol. The predicted molar refractivity (Wildman–Crippen MR) is 132 cm³/mol. The zero-order chi connectivity index (χ0) is 24.8. The van der Waals surface area contributed by atoms with E-state index in [2.05, 4.69) is 20.7 Å². The first-order valence-corrected chi connectivity index (χ1v) is 12.0. The summed E-state index contributed by atoms with van der Waals surface area (Å²) in [5.74, 6) is 0.855. The Kier molecular flexibility index (Phi) is 5.65. The number of likely N-dealkylation sites (tertiary alicyclic amines) is 1. The molecule has 9 nitrogen and oxygen atoms in total. The summed E-state index contributed by atoms with van der Waals surface area (Å²) in [5.41, 5.74) is 9.34. The highest BCUT2D eigenvalue weighted by Crippen LogP contribution is 2.44. The van der Waals surface area contributed by atoms with Gasteiger partial charge in [-0.2, -0.15) is 5.10 Å². The van der Waals surface area contributed by atoms with Gasteiger partial charge in [0.25, 0.3) is 0 Å². The Morgan fingerprint density at radius 2 is 1.91 bits per heavy atom. The van der Waals surface area contributed by atoms with Gasteiger partial charge in [-0.25, -0.2) is 9.78 Å². The molecule has 184 valence electrons. The van der Waals surface area contributed by atoms with Crippen LogP contribution in [-0.2, 0) is 16.7 Å². The molecule has 0 aromatic carbocycles. The van der Waals surface area contributed by atoms with Crippen LogP contribution in [-0.4, -0.2) is 49.4 Å². The van der Waals surface area contributed by atoms with Crippen molar-refractivity contribution in [3.05, 3.63) is 54.1 Å². The van der Waals surface area contributed by atoms with Crippen molar-refractivity contribution >= 4 is 11.9 Å². The summed E-state index contributed by atoms with van der Waals surface area (Å²) in [6.45, 7) is 9.79. The van der Waals surface area contributed by atoms with E-state index < -0.39 is 5.60 Å². The fourth-order valence-corrected chi connectivity index (χ4v) is 4.95. The highest BCUT2D eigenvalue weighted by atomic mass is 16.6. The van der Waals surface area contributed by atoms with E-state index in [0.717, 1.165) is 41.9 Å². The summed E-state index contributed by atoms with van der Waals surface area (Å²) in [4.78, 5) is 22.9. The molecule has 5 rings (SSSR count). The Morgan fingerprint density at radius 3 is 2.66 bits per heavy atom. The van der Waals surface area contributed by atoms with E-state index in [9.17, 15) is 4.79 Å². The van der Waals surface area contributed by atoms with Crippen molar-refractivity contribution in [2.45, 2.75) is 64.2 Å². The van der Waals surface area contributed by atoms with Gasteiger partial charge in [-0.05, 0) is 70.4 Å². The maximum Gasteiger partial charge on any atom is 0.410 e. The number of aryl methyl sites for hydroxylation is 1. The van der Waals surface area contributed by atoms with E-state index in [1.807, 2.05) is 50.8 Å². The van der Waals surface area contributed by atoms with Gasteiger partial charge in [-0.15, -0.1) is 0 Å². The first-order chi connectivity index (χ1) is 16.6. The molecule has 1 saturated heterocycles.